The van der Waals surface area contributed by atoms with Crippen molar-refractivity contribution in [3.8, 4) is 0 Å². The molecule has 1 saturated heterocycles. The first-order chi connectivity index (χ1) is 18.7. The predicted octanol–water partition coefficient (Wildman–Crippen LogP) is 3.55. The second-order valence-corrected chi connectivity index (χ2v) is 12.1. The molecule has 1 fully saturated rings. The Hall–Kier alpha value is -3.79. The van der Waals surface area contributed by atoms with Crippen LogP contribution in [0.15, 0.2) is 107 Å². The van der Waals surface area contributed by atoms with Gasteiger partial charge in [0.1, 0.15) is 17.9 Å². The lowest BCUT2D eigenvalue weighted by Gasteiger charge is -2.37. The maximum absolute atomic E-state index is 12.9. The van der Waals surface area contributed by atoms with Gasteiger partial charge in [-0.2, -0.15) is 0 Å². The fraction of sp³-hybridized carbons (Fsp3) is 0.267. The van der Waals surface area contributed by atoms with Crippen molar-refractivity contribution in [1.29, 1.82) is 0 Å². The van der Waals surface area contributed by atoms with Gasteiger partial charge in [-0.15, -0.1) is 0 Å². The molecule has 1 aromatic heterocycles. The van der Waals surface area contributed by atoms with Crippen LogP contribution in [0.2, 0.25) is 0 Å². The van der Waals surface area contributed by atoms with Crippen LogP contribution in [0.5, 0.6) is 0 Å². The van der Waals surface area contributed by atoms with Crippen molar-refractivity contribution < 1.29 is 17.9 Å². The van der Waals surface area contributed by atoms with E-state index in [-0.39, 0.29) is 13.0 Å². The molecule has 2 heterocycles. The SMILES string of the molecule is Cc1cn([C@H]2C[C@@H](S(C)(=O)=O)[C@@H](COC(c3ccccc3)(c3ccccc3)c3ccccc3)O2)c(=O)[nH]c1=O. The zero-order valence-electron chi connectivity index (χ0n) is 21.7. The molecule has 0 radical (unpaired) electrons. The Morgan fingerprint density at radius 1 is 0.897 bits per heavy atom. The summed E-state index contributed by atoms with van der Waals surface area (Å²) < 4.78 is 40.0. The van der Waals surface area contributed by atoms with E-state index in [2.05, 4.69) is 4.98 Å². The molecule has 1 aliphatic rings. The lowest BCUT2D eigenvalue weighted by atomic mass is 9.80. The number of hydrogen-bond donors (Lipinski definition) is 1. The Labute approximate surface area is 226 Å². The van der Waals surface area contributed by atoms with Crippen molar-refractivity contribution in [2.75, 3.05) is 12.9 Å². The first-order valence-electron chi connectivity index (χ1n) is 12.7. The topological polar surface area (TPSA) is 107 Å². The van der Waals surface area contributed by atoms with E-state index in [4.69, 9.17) is 9.47 Å². The van der Waals surface area contributed by atoms with Crippen LogP contribution in [0, 0.1) is 6.92 Å². The van der Waals surface area contributed by atoms with Crippen LogP contribution in [0.25, 0.3) is 0 Å². The summed E-state index contributed by atoms with van der Waals surface area (Å²) in [5.74, 6) is 0. The molecule has 8 nitrogen and oxygen atoms in total. The van der Waals surface area contributed by atoms with Crippen LogP contribution in [0.4, 0.5) is 0 Å². The third-order valence-corrected chi connectivity index (χ3v) is 8.79. The summed E-state index contributed by atoms with van der Waals surface area (Å²) in [6.45, 7) is 1.51. The molecule has 1 aliphatic heterocycles. The van der Waals surface area contributed by atoms with E-state index >= 15 is 0 Å². The molecule has 202 valence electrons. The van der Waals surface area contributed by atoms with E-state index in [0.717, 1.165) is 22.9 Å². The fourth-order valence-corrected chi connectivity index (χ4v) is 6.46. The number of aromatic amines is 1. The molecule has 0 saturated carbocycles. The number of ether oxygens (including phenoxy) is 2. The monoisotopic (exact) mass is 546 g/mol. The second kappa shape index (κ2) is 10.8. The summed E-state index contributed by atoms with van der Waals surface area (Å²) in [6, 6.07) is 29.3. The highest BCUT2D eigenvalue weighted by Crippen LogP contribution is 2.42. The molecule has 0 aliphatic carbocycles. The molecule has 4 aromatic rings. The third-order valence-electron chi connectivity index (χ3n) is 7.19. The van der Waals surface area contributed by atoms with Crippen LogP contribution < -0.4 is 11.2 Å². The summed E-state index contributed by atoms with van der Waals surface area (Å²) in [5, 5.41) is -0.915. The van der Waals surface area contributed by atoms with Crippen molar-refractivity contribution in [2.45, 2.75) is 36.5 Å². The average molecular weight is 547 g/mol. The van der Waals surface area contributed by atoms with E-state index in [1.54, 1.807) is 6.92 Å². The van der Waals surface area contributed by atoms with Crippen LogP contribution in [0.1, 0.15) is 34.9 Å². The number of rotatable bonds is 8. The summed E-state index contributed by atoms with van der Waals surface area (Å²) in [5.41, 5.74) is 0.744. The maximum Gasteiger partial charge on any atom is 0.330 e. The van der Waals surface area contributed by atoms with E-state index in [1.165, 1.54) is 10.8 Å². The lowest BCUT2D eigenvalue weighted by molar-refractivity contribution is -0.0768. The molecule has 3 atom stereocenters. The van der Waals surface area contributed by atoms with Gasteiger partial charge in [-0.3, -0.25) is 14.3 Å². The molecule has 0 bridgehead atoms. The van der Waals surface area contributed by atoms with E-state index in [9.17, 15) is 18.0 Å². The number of sulfone groups is 1. The van der Waals surface area contributed by atoms with Crippen molar-refractivity contribution in [2.24, 2.45) is 0 Å². The first-order valence-corrected chi connectivity index (χ1v) is 14.6. The fourth-order valence-electron chi connectivity index (χ4n) is 5.25. The first kappa shape index (κ1) is 26.8. The highest BCUT2D eigenvalue weighted by molar-refractivity contribution is 7.91. The Kier molecular flexibility index (Phi) is 7.40. The van der Waals surface area contributed by atoms with Gasteiger partial charge >= 0.3 is 5.69 Å². The summed E-state index contributed by atoms with van der Waals surface area (Å²) in [6.07, 6.45) is 0.876. The molecule has 0 amide bonds. The highest BCUT2D eigenvalue weighted by atomic mass is 32.2. The van der Waals surface area contributed by atoms with E-state index in [0.29, 0.717) is 5.56 Å². The minimum absolute atomic E-state index is 0.0489. The average Bonchev–Trinajstić information content (AvgIpc) is 3.38. The number of H-pyrrole nitrogens is 1. The van der Waals surface area contributed by atoms with Crippen molar-refractivity contribution in [3.05, 3.63) is 140 Å². The van der Waals surface area contributed by atoms with Gasteiger partial charge in [-0.25, -0.2) is 13.2 Å². The van der Waals surface area contributed by atoms with Crippen molar-refractivity contribution in [3.63, 3.8) is 0 Å². The van der Waals surface area contributed by atoms with Crippen LogP contribution in [0.3, 0.4) is 0 Å². The smallest absolute Gasteiger partial charge is 0.330 e. The Morgan fingerprint density at radius 3 is 1.85 bits per heavy atom. The molecule has 39 heavy (non-hydrogen) atoms. The molecule has 5 rings (SSSR count). The van der Waals surface area contributed by atoms with Gasteiger partial charge in [0.05, 0.1) is 11.9 Å². The highest BCUT2D eigenvalue weighted by Gasteiger charge is 2.45. The molecular weight excluding hydrogens is 516 g/mol. The Bertz CT molecular complexity index is 1550. The molecule has 1 N–H and O–H groups in total. The van der Waals surface area contributed by atoms with Gasteiger partial charge in [0.15, 0.2) is 9.84 Å². The molecular formula is C30H30N2O6S. The number of nitrogens with one attached hydrogen (secondary N) is 1. The molecule has 9 heteroatoms. The van der Waals surface area contributed by atoms with Crippen molar-refractivity contribution >= 4 is 9.84 Å². The minimum Gasteiger partial charge on any atom is -0.358 e. The number of nitrogens with zero attached hydrogens (tertiary/aromatic N) is 1. The number of benzene rings is 3. The van der Waals surface area contributed by atoms with Gasteiger partial charge in [-0.05, 0) is 23.6 Å². The molecule has 3 aromatic carbocycles. The Balaban J connectivity index is 1.57. The van der Waals surface area contributed by atoms with E-state index < -0.39 is 44.3 Å². The van der Waals surface area contributed by atoms with Gasteiger partial charge in [0.25, 0.3) is 5.56 Å². The zero-order chi connectivity index (χ0) is 27.6. The van der Waals surface area contributed by atoms with Crippen LogP contribution >= 0.6 is 0 Å². The van der Waals surface area contributed by atoms with Gasteiger partial charge in [-0.1, -0.05) is 91.0 Å². The normalized spacial score (nSPS) is 19.7. The van der Waals surface area contributed by atoms with Gasteiger partial charge < -0.3 is 9.47 Å². The van der Waals surface area contributed by atoms with E-state index in [1.807, 2.05) is 91.0 Å². The summed E-state index contributed by atoms with van der Waals surface area (Å²) in [7, 11) is -3.58. The quantitative estimate of drug-likeness (QED) is 0.339. The predicted molar refractivity (Wildman–Crippen MR) is 148 cm³/mol. The largest absolute Gasteiger partial charge is 0.358 e. The number of aromatic nitrogens is 2. The molecule has 0 spiro atoms. The van der Waals surface area contributed by atoms with Crippen molar-refractivity contribution in [1.82, 2.24) is 9.55 Å². The summed E-state index contributed by atoms with van der Waals surface area (Å²) in [4.78, 5) is 26.7. The number of hydrogen-bond acceptors (Lipinski definition) is 6. The standard InChI is InChI=1S/C30H30N2O6S/c1-21-19-32(29(34)31-28(21)33)27-18-26(39(2,35)36)25(38-27)20-37-30(22-12-6-3-7-13-22,23-14-8-4-9-15-23)24-16-10-5-11-17-24/h3-17,19,25-27H,18,20H2,1-2H3,(H,31,33,34)/t25-,26-,27-/m1/s1. The lowest BCUT2D eigenvalue weighted by Crippen LogP contribution is -2.39. The van der Waals surface area contributed by atoms with Gasteiger partial charge in [0.2, 0.25) is 0 Å². The maximum atomic E-state index is 12.9. The van der Waals surface area contributed by atoms with Gasteiger partial charge in [0, 0.05) is 24.4 Å². The second-order valence-electron chi connectivity index (χ2n) is 9.80. The van der Waals surface area contributed by atoms with Crippen LogP contribution in [-0.2, 0) is 24.9 Å². The minimum atomic E-state index is -3.58. The Morgan fingerprint density at radius 2 is 1.38 bits per heavy atom. The molecule has 0 unspecified atom stereocenters. The number of aryl methyl sites for hydroxylation is 1. The third kappa shape index (κ3) is 5.25. The zero-order valence-corrected chi connectivity index (χ0v) is 22.5. The summed E-state index contributed by atoms with van der Waals surface area (Å²) >= 11 is 0. The van der Waals surface area contributed by atoms with Crippen LogP contribution in [-0.4, -0.2) is 42.2 Å².